The minimum atomic E-state index is -1.14. The fourth-order valence-electron chi connectivity index (χ4n) is 2.38. The third-order valence-electron chi connectivity index (χ3n) is 3.35. The van der Waals surface area contributed by atoms with Crippen molar-refractivity contribution in [1.82, 2.24) is 0 Å². The lowest BCUT2D eigenvalue weighted by molar-refractivity contribution is -0.290. The first kappa shape index (κ1) is 17.8. The standard InChI is InChI=1S/C14H22O9/c1-15-10-14(12(17-3)9-23-21-7-5-19-14)13-11(16-2)8-22-20-6-4-18-13/h8-9,13H,4-7,10H2,1-3H3/b11-8+,12-9+. The highest BCUT2D eigenvalue weighted by molar-refractivity contribution is 5.21. The lowest BCUT2D eigenvalue weighted by Crippen LogP contribution is -2.54. The average molecular weight is 334 g/mol. The Morgan fingerprint density at radius 3 is 2.43 bits per heavy atom. The third kappa shape index (κ3) is 4.06. The van der Waals surface area contributed by atoms with Gasteiger partial charge in [0.1, 0.15) is 13.2 Å². The van der Waals surface area contributed by atoms with Gasteiger partial charge in [-0.05, 0) is 0 Å². The van der Waals surface area contributed by atoms with Crippen LogP contribution in [0.5, 0.6) is 0 Å². The Morgan fingerprint density at radius 2 is 1.74 bits per heavy atom. The zero-order valence-electron chi connectivity index (χ0n) is 13.4. The normalized spacial score (nSPS) is 34.0. The monoisotopic (exact) mass is 334 g/mol. The minimum absolute atomic E-state index is 0.127. The largest absolute Gasteiger partial charge is 0.495 e. The van der Waals surface area contributed by atoms with Gasteiger partial charge >= 0.3 is 0 Å². The third-order valence-corrected chi connectivity index (χ3v) is 3.35. The molecule has 9 nitrogen and oxygen atoms in total. The van der Waals surface area contributed by atoms with Crippen molar-refractivity contribution in [2.24, 2.45) is 0 Å². The Bertz CT molecular complexity index is 422. The van der Waals surface area contributed by atoms with E-state index in [2.05, 4.69) is 0 Å². The lowest BCUT2D eigenvalue weighted by atomic mass is 9.93. The van der Waals surface area contributed by atoms with E-state index in [0.29, 0.717) is 11.5 Å². The van der Waals surface area contributed by atoms with Crippen molar-refractivity contribution in [2.75, 3.05) is 54.4 Å². The molecule has 0 aromatic carbocycles. The fourth-order valence-corrected chi connectivity index (χ4v) is 2.38. The molecule has 2 atom stereocenters. The molecule has 0 spiro atoms. The Morgan fingerprint density at radius 1 is 1.00 bits per heavy atom. The highest BCUT2D eigenvalue weighted by Crippen LogP contribution is 2.35. The Kier molecular flexibility index (Phi) is 6.93. The molecule has 132 valence electrons. The van der Waals surface area contributed by atoms with Crippen LogP contribution in [-0.2, 0) is 43.2 Å². The second-order valence-corrected chi connectivity index (χ2v) is 4.67. The maximum Gasteiger partial charge on any atom is 0.185 e. The maximum atomic E-state index is 6.02. The summed E-state index contributed by atoms with van der Waals surface area (Å²) in [5.41, 5.74) is -1.14. The van der Waals surface area contributed by atoms with Gasteiger partial charge in [0.15, 0.2) is 35.7 Å². The van der Waals surface area contributed by atoms with E-state index in [0.717, 1.165) is 0 Å². The number of ether oxygens (including phenoxy) is 5. The maximum absolute atomic E-state index is 6.02. The van der Waals surface area contributed by atoms with Crippen LogP contribution in [0.15, 0.2) is 24.0 Å². The van der Waals surface area contributed by atoms with Gasteiger partial charge in [-0.2, -0.15) is 9.78 Å². The van der Waals surface area contributed by atoms with Crippen LogP contribution in [0.2, 0.25) is 0 Å². The summed E-state index contributed by atoms with van der Waals surface area (Å²) in [6.07, 6.45) is 1.92. The van der Waals surface area contributed by atoms with Gasteiger partial charge < -0.3 is 33.5 Å². The predicted octanol–water partition coefficient (Wildman–Crippen LogP) is 0.673. The summed E-state index contributed by atoms with van der Waals surface area (Å²) in [4.78, 5) is 19.8. The summed E-state index contributed by atoms with van der Waals surface area (Å²) >= 11 is 0. The molecule has 0 fully saturated rings. The lowest BCUT2D eigenvalue weighted by Gasteiger charge is -2.41. The molecule has 0 aromatic heterocycles. The highest BCUT2D eigenvalue weighted by atomic mass is 17.2. The summed E-state index contributed by atoms with van der Waals surface area (Å²) in [6, 6.07) is 0. The van der Waals surface area contributed by atoms with Gasteiger partial charge in [-0.15, -0.1) is 0 Å². The molecular formula is C14H22O9. The van der Waals surface area contributed by atoms with Crippen molar-refractivity contribution in [3.8, 4) is 0 Å². The number of hydrogen-bond donors (Lipinski definition) is 0. The van der Waals surface area contributed by atoms with Gasteiger partial charge in [0.2, 0.25) is 0 Å². The van der Waals surface area contributed by atoms with E-state index in [9.17, 15) is 0 Å². The number of rotatable bonds is 5. The summed E-state index contributed by atoms with van der Waals surface area (Å²) in [7, 11) is 4.53. The van der Waals surface area contributed by atoms with Crippen molar-refractivity contribution in [2.45, 2.75) is 11.7 Å². The van der Waals surface area contributed by atoms with E-state index >= 15 is 0 Å². The van der Waals surface area contributed by atoms with Gasteiger partial charge in [-0.1, -0.05) is 0 Å². The van der Waals surface area contributed by atoms with Gasteiger partial charge in [0.25, 0.3) is 0 Å². The van der Waals surface area contributed by atoms with Gasteiger partial charge in [0.05, 0.1) is 34.0 Å². The zero-order valence-corrected chi connectivity index (χ0v) is 13.4. The summed E-state index contributed by atoms with van der Waals surface area (Å²) in [5.74, 6) is 0.680. The summed E-state index contributed by atoms with van der Waals surface area (Å²) in [5, 5.41) is 0. The molecule has 0 amide bonds. The fraction of sp³-hybridized carbons (Fsp3) is 0.714. The van der Waals surface area contributed by atoms with Crippen molar-refractivity contribution >= 4 is 0 Å². The van der Waals surface area contributed by atoms with Crippen LogP contribution in [0.4, 0.5) is 0 Å². The molecule has 0 aliphatic carbocycles. The molecule has 2 rings (SSSR count). The van der Waals surface area contributed by atoms with Crippen LogP contribution in [0.3, 0.4) is 0 Å². The number of methoxy groups -OCH3 is 3. The molecule has 0 saturated heterocycles. The van der Waals surface area contributed by atoms with Crippen molar-refractivity contribution < 1.29 is 43.2 Å². The van der Waals surface area contributed by atoms with E-state index in [1.54, 1.807) is 7.11 Å². The van der Waals surface area contributed by atoms with Crippen LogP contribution in [-0.4, -0.2) is 66.1 Å². The second-order valence-electron chi connectivity index (χ2n) is 4.67. The Hall–Kier alpha value is -1.52. The molecule has 2 unspecified atom stereocenters. The summed E-state index contributed by atoms with van der Waals surface area (Å²) in [6.45, 7) is 1.10. The van der Waals surface area contributed by atoms with E-state index in [1.807, 2.05) is 0 Å². The molecule has 0 aromatic rings. The summed E-state index contributed by atoms with van der Waals surface area (Å²) < 4.78 is 28.1. The Labute approximate surface area is 134 Å². The smallest absolute Gasteiger partial charge is 0.185 e. The van der Waals surface area contributed by atoms with E-state index in [-0.39, 0.29) is 33.0 Å². The van der Waals surface area contributed by atoms with E-state index in [4.69, 9.17) is 43.2 Å². The van der Waals surface area contributed by atoms with Gasteiger partial charge in [-0.3, -0.25) is 0 Å². The first-order valence-corrected chi connectivity index (χ1v) is 7.08. The Balaban J connectivity index is 2.45. The van der Waals surface area contributed by atoms with Crippen molar-refractivity contribution in [1.29, 1.82) is 0 Å². The molecule has 2 aliphatic heterocycles. The van der Waals surface area contributed by atoms with Crippen molar-refractivity contribution in [3.63, 3.8) is 0 Å². The molecular weight excluding hydrogens is 312 g/mol. The van der Waals surface area contributed by atoms with Crippen LogP contribution >= 0.6 is 0 Å². The molecule has 0 bridgehead atoms. The first-order chi connectivity index (χ1) is 11.3. The molecule has 0 N–H and O–H groups in total. The molecule has 2 aliphatic rings. The first-order valence-electron chi connectivity index (χ1n) is 7.08. The van der Waals surface area contributed by atoms with Crippen LogP contribution in [0.25, 0.3) is 0 Å². The van der Waals surface area contributed by atoms with Gasteiger partial charge in [-0.25, -0.2) is 0 Å². The molecule has 23 heavy (non-hydrogen) atoms. The average Bonchev–Trinajstić information content (AvgIpc) is 2.51. The zero-order chi connectivity index (χ0) is 16.5. The highest BCUT2D eigenvalue weighted by Gasteiger charge is 2.50. The molecule has 0 saturated carbocycles. The second kappa shape index (κ2) is 8.94. The molecule has 2 heterocycles. The van der Waals surface area contributed by atoms with E-state index < -0.39 is 11.7 Å². The van der Waals surface area contributed by atoms with E-state index in [1.165, 1.54) is 26.7 Å². The van der Waals surface area contributed by atoms with Crippen molar-refractivity contribution in [3.05, 3.63) is 24.0 Å². The van der Waals surface area contributed by atoms with Crippen LogP contribution in [0.1, 0.15) is 0 Å². The van der Waals surface area contributed by atoms with Gasteiger partial charge in [0, 0.05) is 7.11 Å². The minimum Gasteiger partial charge on any atom is -0.495 e. The molecule has 0 radical (unpaired) electrons. The van der Waals surface area contributed by atoms with Crippen LogP contribution < -0.4 is 0 Å². The SMILES string of the molecule is COCC1(C2OCCOO/C=C\2OC)OCCOO/C=C\1OC. The quantitative estimate of drug-likeness (QED) is 0.674. The number of hydrogen-bond acceptors (Lipinski definition) is 9. The van der Waals surface area contributed by atoms with Crippen LogP contribution in [0, 0.1) is 0 Å². The topological polar surface area (TPSA) is 83.1 Å². The predicted molar refractivity (Wildman–Crippen MR) is 74.6 cm³/mol. The molecule has 9 heteroatoms.